The van der Waals surface area contributed by atoms with E-state index in [1.54, 1.807) is 30.3 Å². The molecule has 0 saturated heterocycles. The zero-order valence-corrected chi connectivity index (χ0v) is 10.9. The van der Waals surface area contributed by atoms with Gasteiger partial charge in [0.05, 0.1) is 12.1 Å². The summed E-state index contributed by atoms with van der Waals surface area (Å²) in [5.41, 5.74) is 6.73. The van der Waals surface area contributed by atoms with E-state index in [-0.39, 0.29) is 12.2 Å². The van der Waals surface area contributed by atoms with E-state index < -0.39 is 5.97 Å². The largest absolute Gasteiger partial charge is 0.506 e. The molecule has 0 radical (unpaired) electrons. The monoisotopic (exact) mass is 275 g/mol. The van der Waals surface area contributed by atoms with E-state index in [0.717, 1.165) is 15.4 Å². The number of nitrogens with two attached hydrogens (primary N) is 1. The van der Waals surface area contributed by atoms with Crippen molar-refractivity contribution in [2.45, 2.75) is 16.2 Å². The zero-order valence-electron chi connectivity index (χ0n) is 10.0. The molecule has 0 aliphatic carbocycles. The third-order valence-corrected chi connectivity index (χ3v) is 3.51. The van der Waals surface area contributed by atoms with Gasteiger partial charge in [0, 0.05) is 9.79 Å². The Morgan fingerprint density at radius 2 is 1.74 bits per heavy atom. The van der Waals surface area contributed by atoms with Crippen LogP contribution in [0.3, 0.4) is 0 Å². The Kier molecular flexibility index (Phi) is 3.97. The first-order chi connectivity index (χ1) is 9.04. The van der Waals surface area contributed by atoms with Crippen LogP contribution in [0.4, 0.5) is 5.69 Å². The van der Waals surface area contributed by atoms with E-state index in [1.807, 2.05) is 12.1 Å². The van der Waals surface area contributed by atoms with Crippen LogP contribution in [0.5, 0.6) is 5.75 Å². The van der Waals surface area contributed by atoms with Gasteiger partial charge in [0.15, 0.2) is 0 Å². The maximum atomic E-state index is 10.6. The van der Waals surface area contributed by atoms with Crippen LogP contribution in [0.15, 0.2) is 52.3 Å². The van der Waals surface area contributed by atoms with Gasteiger partial charge in [0.1, 0.15) is 5.75 Å². The molecule has 0 amide bonds. The number of carbonyl (C=O) groups is 1. The number of rotatable bonds is 4. The molecule has 0 spiro atoms. The van der Waals surface area contributed by atoms with Crippen molar-refractivity contribution in [2.24, 2.45) is 0 Å². The van der Waals surface area contributed by atoms with Crippen LogP contribution in [0.2, 0.25) is 0 Å². The second kappa shape index (κ2) is 5.67. The fraction of sp³-hybridized carbons (Fsp3) is 0.0714. The molecule has 0 fully saturated rings. The number of aliphatic carboxylic acids is 1. The Morgan fingerprint density at radius 3 is 2.32 bits per heavy atom. The standard InChI is InChI=1S/C14H13NO3S/c15-12-8-11(5-6-13(12)16)19-10-3-1-9(2-4-10)7-14(17)18/h1-6,8,16H,7,15H2,(H,17,18). The van der Waals surface area contributed by atoms with Gasteiger partial charge in [-0.1, -0.05) is 23.9 Å². The molecule has 2 aromatic carbocycles. The lowest BCUT2D eigenvalue weighted by Crippen LogP contribution is -1.99. The third-order valence-electron chi connectivity index (χ3n) is 2.51. The number of nitrogen functional groups attached to an aromatic ring is 1. The van der Waals surface area contributed by atoms with Gasteiger partial charge in [0.25, 0.3) is 0 Å². The highest BCUT2D eigenvalue weighted by molar-refractivity contribution is 7.99. The van der Waals surface area contributed by atoms with Crippen LogP contribution in [-0.2, 0) is 11.2 Å². The third kappa shape index (κ3) is 3.66. The lowest BCUT2D eigenvalue weighted by Gasteiger charge is -2.05. The predicted octanol–water partition coefficient (Wildman–Crippen LogP) is 2.75. The van der Waals surface area contributed by atoms with Gasteiger partial charge in [-0.25, -0.2) is 0 Å². The number of aromatic hydroxyl groups is 1. The number of benzene rings is 2. The summed E-state index contributed by atoms with van der Waals surface area (Å²) in [5.74, 6) is -0.770. The second-order valence-corrected chi connectivity index (χ2v) is 5.18. The van der Waals surface area contributed by atoms with E-state index in [1.165, 1.54) is 11.8 Å². The summed E-state index contributed by atoms with van der Waals surface area (Å²) in [6.45, 7) is 0. The number of anilines is 1. The first kappa shape index (κ1) is 13.3. The van der Waals surface area contributed by atoms with Crippen LogP contribution in [0.1, 0.15) is 5.56 Å². The first-order valence-corrected chi connectivity index (χ1v) is 6.43. The number of phenolic OH excluding ortho intramolecular Hbond substituents is 1. The van der Waals surface area contributed by atoms with E-state index in [4.69, 9.17) is 10.8 Å². The smallest absolute Gasteiger partial charge is 0.307 e. The molecule has 0 aliphatic rings. The van der Waals surface area contributed by atoms with Crippen molar-refractivity contribution >= 4 is 23.4 Å². The van der Waals surface area contributed by atoms with Crippen molar-refractivity contribution in [2.75, 3.05) is 5.73 Å². The van der Waals surface area contributed by atoms with E-state index in [9.17, 15) is 9.90 Å². The molecule has 4 N–H and O–H groups in total. The molecule has 98 valence electrons. The minimum atomic E-state index is -0.841. The Labute approximate surface area is 114 Å². The molecule has 0 unspecified atom stereocenters. The molecule has 5 heteroatoms. The highest BCUT2D eigenvalue weighted by Crippen LogP contribution is 2.32. The lowest BCUT2D eigenvalue weighted by atomic mass is 10.2. The highest BCUT2D eigenvalue weighted by atomic mass is 32.2. The quantitative estimate of drug-likeness (QED) is 0.590. The second-order valence-electron chi connectivity index (χ2n) is 4.04. The van der Waals surface area contributed by atoms with Crippen LogP contribution in [0.25, 0.3) is 0 Å². The molecule has 4 nitrogen and oxygen atoms in total. The van der Waals surface area contributed by atoms with Crippen molar-refractivity contribution < 1.29 is 15.0 Å². The number of carboxylic acid groups (broad SMARTS) is 1. The van der Waals surface area contributed by atoms with Gasteiger partial charge in [-0.2, -0.15) is 0 Å². The summed E-state index contributed by atoms with van der Waals surface area (Å²) in [4.78, 5) is 12.5. The van der Waals surface area contributed by atoms with Crippen molar-refractivity contribution in [3.05, 3.63) is 48.0 Å². The average Bonchev–Trinajstić information content (AvgIpc) is 2.36. The van der Waals surface area contributed by atoms with Gasteiger partial charge in [-0.05, 0) is 35.9 Å². The van der Waals surface area contributed by atoms with Gasteiger partial charge in [-0.3, -0.25) is 4.79 Å². The fourth-order valence-electron chi connectivity index (χ4n) is 1.58. The topological polar surface area (TPSA) is 83.6 Å². The molecule has 2 rings (SSSR count). The molecule has 0 heterocycles. The van der Waals surface area contributed by atoms with Crippen molar-refractivity contribution in [3.8, 4) is 5.75 Å². The molecule has 0 atom stereocenters. The van der Waals surface area contributed by atoms with E-state index in [0.29, 0.717) is 5.69 Å². The summed E-state index contributed by atoms with van der Waals surface area (Å²) in [5, 5.41) is 18.0. The summed E-state index contributed by atoms with van der Waals surface area (Å²) in [6, 6.07) is 12.3. The lowest BCUT2D eigenvalue weighted by molar-refractivity contribution is -0.136. The average molecular weight is 275 g/mol. The fourth-order valence-corrected chi connectivity index (χ4v) is 2.45. The van der Waals surface area contributed by atoms with Crippen LogP contribution >= 0.6 is 11.8 Å². The Hall–Kier alpha value is -2.14. The normalized spacial score (nSPS) is 10.3. The molecule has 0 saturated carbocycles. The van der Waals surface area contributed by atoms with Gasteiger partial charge < -0.3 is 15.9 Å². The van der Waals surface area contributed by atoms with Crippen molar-refractivity contribution in [1.82, 2.24) is 0 Å². The molecular weight excluding hydrogens is 262 g/mol. The van der Waals surface area contributed by atoms with Crippen molar-refractivity contribution in [3.63, 3.8) is 0 Å². The summed E-state index contributed by atoms with van der Waals surface area (Å²) < 4.78 is 0. The van der Waals surface area contributed by atoms with Crippen LogP contribution in [-0.4, -0.2) is 16.2 Å². The van der Waals surface area contributed by atoms with Crippen molar-refractivity contribution in [1.29, 1.82) is 0 Å². The number of hydrogen-bond donors (Lipinski definition) is 3. The SMILES string of the molecule is Nc1cc(Sc2ccc(CC(=O)O)cc2)ccc1O. The minimum Gasteiger partial charge on any atom is -0.506 e. The summed E-state index contributed by atoms with van der Waals surface area (Å²) in [6.07, 6.45) is 0.0249. The maximum Gasteiger partial charge on any atom is 0.307 e. The van der Waals surface area contributed by atoms with Gasteiger partial charge in [0.2, 0.25) is 0 Å². The molecule has 2 aromatic rings. The van der Waals surface area contributed by atoms with E-state index in [2.05, 4.69) is 0 Å². The molecule has 0 aromatic heterocycles. The molecular formula is C14H13NO3S. The molecule has 0 aliphatic heterocycles. The van der Waals surface area contributed by atoms with Gasteiger partial charge in [-0.15, -0.1) is 0 Å². The minimum absolute atomic E-state index is 0.0249. The molecule has 0 bridgehead atoms. The maximum absolute atomic E-state index is 10.6. The van der Waals surface area contributed by atoms with E-state index >= 15 is 0 Å². The number of phenols is 1. The van der Waals surface area contributed by atoms with Gasteiger partial charge >= 0.3 is 5.97 Å². The molecule has 19 heavy (non-hydrogen) atoms. The van der Waals surface area contributed by atoms with Crippen LogP contribution < -0.4 is 5.73 Å². The Morgan fingerprint density at radius 1 is 1.11 bits per heavy atom. The highest BCUT2D eigenvalue weighted by Gasteiger charge is 2.03. The predicted molar refractivity (Wildman–Crippen MR) is 74.4 cm³/mol. The Balaban J connectivity index is 2.10. The first-order valence-electron chi connectivity index (χ1n) is 5.61. The zero-order chi connectivity index (χ0) is 13.8. The number of carboxylic acids is 1. The summed E-state index contributed by atoms with van der Waals surface area (Å²) >= 11 is 1.50. The van der Waals surface area contributed by atoms with Crippen LogP contribution in [0, 0.1) is 0 Å². The summed E-state index contributed by atoms with van der Waals surface area (Å²) in [7, 11) is 0. The number of hydrogen-bond acceptors (Lipinski definition) is 4. The Bertz CT molecular complexity index is 596.